The van der Waals surface area contributed by atoms with Gasteiger partial charge in [0.05, 0.1) is 6.10 Å². The molecule has 0 saturated heterocycles. The van der Waals surface area contributed by atoms with E-state index in [1.807, 2.05) is 60.3 Å². The molecule has 1 atom stereocenters. The molecule has 2 rings (SSSR count). The summed E-state index contributed by atoms with van der Waals surface area (Å²) >= 11 is 0. The first-order chi connectivity index (χ1) is 10.5. The van der Waals surface area contributed by atoms with Crippen LogP contribution in [-0.4, -0.2) is 24.6 Å². The van der Waals surface area contributed by atoms with Crippen molar-refractivity contribution in [1.82, 2.24) is 9.29 Å². The molecule has 0 bridgehead atoms. The van der Waals surface area contributed by atoms with Crippen LogP contribution in [0, 0.1) is 0 Å². The fourth-order valence-corrected chi connectivity index (χ4v) is 2.92. The van der Waals surface area contributed by atoms with Gasteiger partial charge in [0.2, 0.25) is 10.0 Å². The first-order valence-electron chi connectivity index (χ1n) is 7.00. The zero-order valence-electron chi connectivity index (χ0n) is 12.4. The second-order valence-electron chi connectivity index (χ2n) is 5.00. The fourth-order valence-electron chi connectivity index (χ4n) is 2.09. The average Bonchev–Trinajstić information content (AvgIpc) is 2.92. The SMILES string of the molecule is Cn1cccc1[C@H](O)CCNS(=O)(=O)/C=C/c1ccccc1. The number of nitrogens with zero attached hydrogens (tertiary/aromatic N) is 1. The number of sulfonamides is 1. The summed E-state index contributed by atoms with van der Waals surface area (Å²) in [7, 11) is -1.66. The molecule has 22 heavy (non-hydrogen) atoms. The Balaban J connectivity index is 1.85. The number of hydrogen-bond donors (Lipinski definition) is 2. The van der Waals surface area contributed by atoms with E-state index in [-0.39, 0.29) is 6.54 Å². The summed E-state index contributed by atoms with van der Waals surface area (Å²) in [4.78, 5) is 0. The maximum Gasteiger partial charge on any atom is 0.233 e. The Morgan fingerprint density at radius 3 is 2.59 bits per heavy atom. The summed E-state index contributed by atoms with van der Waals surface area (Å²) < 4.78 is 28.0. The van der Waals surface area contributed by atoms with Crippen molar-refractivity contribution in [2.75, 3.05) is 6.54 Å². The Morgan fingerprint density at radius 1 is 1.23 bits per heavy atom. The molecular weight excluding hydrogens is 300 g/mol. The lowest BCUT2D eigenvalue weighted by Crippen LogP contribution is -2.24. The van der Waals surface area contributed by atoms with Crippen LogP contribution >= 0.6 is 0 Å². The van der Waals surface area contributed by atoms with E-state index in [1.165, 1.54) is 6.08 Å². The molecule has 1 aromatic carbocycles. The van der Waals surface area contributed by atoms with Gasteiger partial charge >= 0.3 is 0 Å². The van der Waals surface area contributed by atoms with Gasteiger partial charge in [0.15, 0.2) is 0 Å². The van der Waals surface area contributed by atoms with Gasteiger partial charge < -0.3 is 9.67 Å². The van der Waals surface area contributed by atoms with Crippen molar-refractivity contribution < 1.29 is 13.5 Å². The van der Waals surface area contributed by atoms with Gasteiger partial charge in [-0.1, -0.05) is 30.3 Å². The van der Waals surface area contributed by atoms with E-state index in [0.29, 0.717) is 6.42 Å². The molecule has 0 amide bonds. The van der Waals surface area contributed by atoms with Crippen molar-refractivity contribution in [2.24, 2.45) is 7.05 Å². The van der Waals surface area contributed by atoms with Crippen LogP contribution in [0.25, 0.3) is 6.08 Å². The molecule has 5 nitrogen and oxygen atoms in total. The first kappa shape index (κ1) is 16.5. The van der Waals surface area contributed by atoms with Crippen LogP contribution in [0.2, 0.25) is 0 Å². The number of aliphatic hydroxyl groups excluding tert-OH is 1. The van der Waals surface area contributed by atoms with Gasteiger partial charge in [0.25, 0.3) is 0 Å². The lowest BCUT2D eigenvalue weighted by molar-refractivity contribution is 0.161. The molecular formula is C16H20N2O3S. The largest absolute Gasteiger partial charge is 0.387 e. The molecule has 1 heterocycles. The van der Waals surface area contributed by atoms with Crippen LogP contribution in [0.4, 0.5) is 0 Å². The fraction of sp³-hybridized carbons (Fsp3) is 0.250. The molecule has 0 aliphatic carbocycles. The summed E-state index contributed by atoms with van der Waals surface area (Å²) in [5.41, 5.74) is 1.58. The van der Waals surface area contributed by atoms with Crippen LogP contribution in [0.15, 0.2) is 54.1 Å². The lowest BCUT2D eigenvalue weighted by Gasteiger charge is -2.12. The molecule has 0 aliphatic heterocycles. The number of aryl methyl sites for hydroxylation is 1. The van der Waals surface area contributed by atoms with Gasteiger partial charge in [0, 0.05) is 30.9 Å². The van der Waals surface area contributed by atoms with Crippen LogP contribution in [-0.2, 0) is 17.1 Å². The molecule has 0 radical (unpaired) electrons. The van der Waals surface area contributed by atoms with Gasteiger partial charge in [-0.25, -0.2) is 13.1 Å². The Morgan fingerprint density at radius 2 is 1.95 bits per heavy atom. The van der Waals surface area contributed by atoms with Crippen LogP contribution in [0.3, 0.4) is 0 Å². The molecule has 0 spiro atoms. The third-order valence-electron chi connectivity index (χ3n) is 3.29. The molecule has 118 valence electrons. The van der Waals surface area contributed by atoms with Crippen molar-refractivity contribution in [1.29, 1.82) is 0 Å². The zero-order chi connectivity index (χ0) is 16.0. The molecule has 2 N–H and O–H groups in total. The number of nitrogens with one attached hydrogen (secondary N) is 1. The highest BCUT2D eigenvalue weighted by atomic mass is 32.2. The molecule has 0 unspecified atom stereocenters. The highest BCUT2D eigenvalue weighted by molar-refractivity contribution is 7.92. The minimum atomic E-state index is -3.50. The maximum absolute atomic E-state index is 11.9. The normalized spacial score (nSPS) is 13.5. The highest BCUT2D eigenvalue weighted by Crippen LogP contribution is 2.15. The summed E-state index contributed by atoms with van der Waals surface area (Å²) in [5.74, 6) is 0. The molecule has 6 heteroatoms. The van der Waals surface area contributed by atoms with Gasteiger partial charge in [-0.3, -0.25) is 0 Å². The maximum atomic E-state index is 11.9. The van der Waals surface area contributed by atoms with Crippen LogP contribution in [0.5, 0.6) is 0 Å². The lowest BCUT2D eigenvalue weighted by atomic mass is 10.2. The quantitative estimate of drug-likeness (QED) is 0.820. The van der Waals surface area contributed by atoms with Gasteiger partial charge in [-0.2, -0.15) is 0 Å². The van der Waals surface area contributed by atoms with Crippen LogP contribution < -0.4 is 4.72 Å². The predicted octanol–water partition coefficient (Wildman–Crippen LogP) is 2.04. The van der Waals surface area contributed by atoms with E-state index in [2.05, 4.69) is 4.72 Å². The van der Waals surface area contributed by atoms with E-state index in [9.17, 15) is 13.5 Å². The molecule has 2 aromatic rings. The third kappa shape index (κ3) is 4.84. The number of aromatic nitrogens is 1. The predicted molar refractivity (Wildman–Crippen MR) is 87.4 cm³/mol. The van der Waals surface area contributed by atoms with E-state index in [4.69, 9.17) is 0 Å². The smallest absolute Gasteiger partial charge is 0.233 e. The van der Waals surface area contributed by atoms with Gasteiger partial charge in [-0.15, -0.1) is 0 Å². The monoisotopic (exact) mass is 320 g/mol. The first-order valence-corrected chi connectivity index (χ1v) is 8.55. The second-order valence-corrected chi connectivity index (χ2v) is 6.65. The average molecular weight is 320 g/mol. The highest BCUT2D eigenvalue weighted by Gasteiger charge is 2.12. The summed E-state index contributed by atoms with van der Waals surface area (Å²) in [6, 6.07) is 12.9. The third-order valence-corrected chi connectivity index (χ3v) is 4.39. The Hall–Kier alpha value is -1.89. The number of aliphatic hydroxyl groups is 1. The second kappa shape index (κ2) is 7.40. The van der Waals surface area contributed by atoms with Crippen molar-refractivity contribution in [2.45, 2.75) is 12.5 Å². The number of hydrogen-bond acceptors (Lipinski definition) is 3. The minimum Gasteiger partial charge on any atom is -0.387 e. The van der Waals surface area contributed by atoms with Crippen LogP contribution in [0.1, 0.15) is 23.8 Å². The summed E-state index contributed by atoms with van der Waals surface area (Å²) in [6.07, 6.45) is 3.00. The zero-order valence-corrected chi connectivity index (χ0v) is 13.2. The molecule has 0 aliphatic rings. The van der Waals surface area contributed by atoms with E-state index in [1.54, 1.807) is 0 Å². The van der Waals surface area contributed by atoms with E-state index >= 15 is 0 Å². The topological polar surface area (TPSA) is 71.3 Å². The Kier molecular flexibility index (Phi) is 5.54. The number of rotatable bonds is 7. The molecule has 0 fully saturated rings. The molecule has 0 saturated carbocycles. The van der Waals surface area contributed by atoms with E-state index < -0.39 is 16.1 Å². The van der Waals surface area contributed by atoms with Crippen molar-refractivity contribution in [3.05, 3.63) is 65.3 Å². The van der Waals surface area contributed by atoms with Gasteiger partial charge in [0.1, 0.15) is 0 Å². The summed E-state index contributed by atoms with van der Waals surface area (Å²) in [6.45, 7) is 0.174. The number of benzene rings is 1. The van der Waals surface area contributed by atoms with Crippen molar-refractivity contribution in [3.8, 4) is 0 Å². The molecule has 1 aromatic heterocycles. The Bertz CT molecular complexity index is 721. The minimum absolute atomic E-state index is 0.174. The van der Waals surface area contributed by atoms with E-state index in [0.717, 1.165) is 16.7 Å². The van der Waals surface area contributed by atoms with Crippen molar-refractivity contribution in [3.63, 3.8) is 0 Å². The van der Waals surface area contributed by atoms with Gasteiger partial charge in [-0.05, 0) is 30.2 Å². The van der Waals surface area contributed by atoms with Crippen molar-refractivity contribution >= 4 is 16.1 Å². The Labute approximate surface area is 131 Å². The summed E-state index contributed by atoms with van der Waals surface area (Å²) in [5, 5.41) is 11.2. The standard InChI is InChI=1S/C16H20N2O3S/c1-18-12-5-8-15(18)16(19)9-11-17-22(20,21)13-10-14-6-3-2-4-7-14/h2-8,10,12-13,16-17,19H,9,11H2,1H3/b13-10+/t16-/m1/s1.